The van der Waals surface area contributed by atoms with E-state index in [1.54, 1.807) is 43.5 Å². The molecule has 0 radical (unpaired) electrons. The van der Waals surface area contributed by atoms with E-state index in [1.165, 1.54) is 10.9 Å². The third kappa shape index (κ3) is 5.94. The van der Waals surface area contributed by atoms with Crippen LogP contribution in [-0.4, -0.2) is 39.7 Å². The van der Waals surface area contributed by atoms with Crippen LogP contribution < -0.4 is 20.1 Å². The SMILES string of the molecule is COc1ccc(-n2nc3cc(C)c(NC(=S)NC(=O)COc4ccc(Cl)cc4Cl)cc3n2)cc1Cl. The molecule has 0 saturated heterocycles. The van der Waals surface area contributed by atoms with Crippen LogP contribution in [0, 0.1) is 6.92 Å². The number of fused-ring (bicyclic) bond motifs is 1. The van der Waals surface area contributed by atoms with Gasteiger partial charge in [-0.2, -0.15) is 4.80 Å². The first kappa shape index (κ1) is 25.0. The van der Waals surface area contributed by atoms with Crippen LogP contribution in [0.25, 0.3) is 16.7 Å². The molecule has 2 N–H and O–H groups in total. The standard InChI is InChI=1S/C23H18Cl3N5O3S/c1-12-7-18-19(30-31(29-18)14-4-6-20(33-2)16(26)9-14)10-17(12)27-23(35)28-22(32)11-34-21-5-3-13(24)8-15(21)25/h3-10H,11H2,1-2H3,(H2,27,28,32,35). The molecule has 0 bridgehead atoms. The molecule has 4 rings (SSSR count). The van der Waals surface area contributed by atoms with Crippen molar-refractivity contribution in [2.45, 2.75) is 6.92 Å². The summed E-state index contributed by atoms with van der Waals surface area (Å²) in [6, 6.07) is 13.7. The number of amides is 1. The largest absolute Gasteiger partial charge is 0.495 e. The summed E-state index contributed by atoms with van der Waals surface area (Å²) in [4.78, 5) is 13.7. The number of carbonyl (C=O) groups is 1. The van der Waals surface area contributed by atoms with Crippen LogP contribution in [0.4, 0.5) is 5.69 Å². The Morgan fingerprint density at radius 1 is 1.00 bits per heavy atom. The van der Waals surface area contributed by atoms with Crippen LogP contribution in [-0.2, 0) is 4.79 Å². The van der Waals surface area contributed by atoms with Gasteiger partial charge in [0.1, 0.15) is 22.5 Å². The van der Waals surface area contributed by atoms with Crippen LogP contribution in [0.1, 0.15) is 5.56 Å². The number of hydrogen-bond donors (Lipinski definition) is 2. The van der Waals surface area contributed by atoms with Crippen molar-refractivity contribution in [2.24, 2.45) is 0 Å². The number of halogens is 3. The van der Waals surface area contributed by atoms with Gasteiger partial charge in [-0.3, -0.25) is 10.1 Å². The summed E-state index contributed by atoms with van der Waals surface area (Å²) in [6.07, 6.45) is 0. The number of nitrogens with zero attached hydrogens (tertiary/aromatic N) is 3. The number of thiocarbonyl (C=S) groups is 1. The van der Waals surface area contributed by atoms with Crippen LogP contribution >= 0.6 is 47.0 Å². The van der Waals surface area contributed by atoms with E-state index in [9.17, 15) is 4.79 Å². The maximum Gasteiger partial charge on any atom is 0.264 e. The number of nitrogens with one attached hydrogen (secondary N) is 2. The molecule has 0 spiro atoms. The second kappa shape index (κ2) is 10.7. The molecule has 1 amide bonds. The zero-order valence-corrected chi connectivity index (χ0v) is 21.5. The molecule has 0 aliphatic rings. The lowest BCUT2D eigenvalue weighted by Crippen LogP contribution is -2.37. The van der Waals surface area contributed by atoms with Crippen molar-refractivity contribution in [1.82, 2.24) is 20.3 Å². The Balaban J connectivity index is 1.42. The van der Waals surface area contributed by atoms with Gasteiger partial charge in [0.25, 0.3) is 5.91 Å². The predicted molar refractivity (Wildman–Crippen MR) is 141 cm³/mol. The molecule has 0 unspecified atom stereocenters. The van der Waals surface area contributed by atoms with Crippen molar-refractivity contribution in [1.29, 1.82) is 0 Å². The number of rotatable bonds is 6. The van der Waals surface area contributed by atoms with E-state index in [2.05, 4.69) is 20.8 Å². The number of anilines is 1. The van der Waals surface area contributed by atoms with Crippen LogP contribution in [0.3, 0.4) is 0 Å². The van der Waals surface area contributed by atoms with Gasteiger partial charge in [0.05, 0.1) is 22.8 Å². The fourth-order valence-corrected chi connectivity index (χ4v) is 4.09. The maximum absolute atomic E-state index is 12.2. The van der Waals surface area contributed by atoms with Gasteiger partial charge in [0.15, 0.2) is 11.7 Å². The number of aryl methyl sites for hydroxylation is 1. The van der Waals surface area contributed by atoms with Crippen LogP contribution in [0.5, 0.6) is 11.5 Å². The molecule has 0 atom stereocenters. The number of ether oxygens (including phenoxy) is 2. The first-order chi connectivity index (χ1) is 16.7. The van der Waals surface area contributed by atoms with Crippen LogP contribution in [0.2, 0.25) is 15.1 Å². The average Bonchev–Trinajstić information content (AvgIpc) is 3.21. The lowest BCUT2D eigenvalue weighted by Gasteiger charge is -2.12. The van der Waals surface area contributed by atoms with Gasteiger partial charge in [-0.05, 0) is 73.2 Å². The monoisotopic (exact) mass is 549 g/mol. The first-order valence-electron chi connectivity index (χ1n) is 10.1. The Hall–Kier alpha value is -3.11. The van der Waals surface area contributed by atoms with Crippen molar-refractivity contribution in [3.8, 4) is 17.2 Å². The summed E-state index contributed by atoms with van der Waals surface area (Å²) in [7, 11) is 1.55. The minimum absolute atomic E-state index is 0.109. The number of carbonyl (C=O) groups excluding carboxylic acids is 1. The molecule has 0 aliphatic carbocycles. The Bertz CT molecular complexity index is 1440. The second-order valence-corrected chi connectivity index (χ2v) is 8.99. The lowest BCUT2D eigenvalue weighted by atomic mass is 10.2. The van der Waals surface area contributed by atoms with E-state index in [0.717, 1.165) is 5.56 Å². The smallest absolute Gasteiger partial charge is 0.264 e. The lowest BCUT2D eigenvalue weighted by molar-refractivity contribution is -0.121. The van der Waals surface area contributed by atoms with E-state index in [4.69, 9.17) is 56.5 Å². The van der Waals surface area contributed by atoms with Crippen molar-refractivity contribution < 1.29 is 14.3 Å². The number of benzene rings is 3. The van der Waals surface area contributed by atoms with Gasteiger partial charge >= 0.3 is 0 Å². The molecule has 8 nitrogen and oxygen atoms in total. The van der Waals surface area contributed by atoms with Crippen LogP contribution in [0.15, 0.2) is 48.5 Å². The molecule has 3 aromatic carbocycles. The topological polar surface area (TPSA) is 90.3 Å². The van der Waals surface area contributed by atoms with E-state index in [1.807, 2.05) is 13.0 Å². The molecule has 0 fully saturated rings. The van der Waals surface area contributed by atoms with Gasteiger partial charge in [0, 0.05) is 10.7 Å². The normalized spacial score (nSPS) is 10.8. The molecule has 4 aromatic rings. The molecule has 1 aromatic heterocycles. The van der Waals surface area contributed by atoms with Crippen molar-refractivity contribution in [2.75, 3.05) is 19.0 Å². The van der Waals surface area contributed by atoms with Gasteiger partial charge < -0.3 is 14.8 Å². The number of aromatic nitrogens is 3. The molecular weight excluding hydrogens is 533 g/mol. The van der Waals surface area contributed by atoms with Crippen molar-refractivity contribution >= 4 is 74.8 Å². The van der Waals surface area contributed by atoms with Gasteiger partial charge in [0.2, 0.25) is 0 Å². The molecular formula is C23H18Cl3N5O3S. The van der Waals surface area contributed by atoms with Gasteiger partial charge in [-0.1, -0.05) is 34.8 Å². The number of methoxy groups -OCH3 is 1. The predicted octanol–water partition coefficient (Wildman–Crippen LogP) is 5.59. The fourth-order valence-electron chi connectivity index (χ4n) is 3.15. The zero-order chi connectivity index (χ0) is 25.1. The number of hydrogen-bond acceptors (Lipinski definition) is 6. The third-order valence-corrected chi connectivity index (χ3v) is 5.88. The summed E-state index contributed by atoms with van der Waals surface area (Å²) >= 11 is 23.4. The third-order valence-electron chi connectivity index (χ3n) is 4.85. The Kier molecular flexibility index (Phi) is 7.61. The Labute approximate surface area is 221 Å². The minimum Gasteiger partial charge on any atom is -0.495 e. The average molecular weight is 551 g/mol. The summed E-state index contributed by atoms with van der Waals surface area (Å²) < 4.78 is 10.6. The highest BCUT2D eigenvalue weighted by atomic mass is 35.5. The molecule has 35 heavy (non-hydrogen) atoms. The molecule has 12 heteroatoms. The van der Waals surface area contributed by atoms with E-state index < -0.39 is 5.91 Å². The first-order valence-corrected chi connectivity index (χ1v) is 11.7. The Morgan fingerprint density at radius 3 is 2.37 bits per heavy atom. The highest BCUT2D eigenvalue weighted by Gasteiger charge is 2.13. The molecule has 0 saturated carbocycles. The van der Waals surface area contributed by atoms with Crippen molar-refractivity contribution in [3.63, 3.8) is 0 Å². The maximum atomic E-state index is 12.2. The Morgan fingerprint density at radius 2 is 1.69 bits per heavy atom. The summed E-state index contributed by atoms with van der Waals surface area (Å²) in [5.41, 5.74) is 3.52. The summed E-state index contributed by atoms with van der Waals surface area (Å²) in [6.45, 7) is 1.61. The minimum atomic E-state index is -0.449. The van der Waals surface area contributed by atoms with Crippen molar-refractivity contribution in [3.05, 3.63) is 69.2 Å². The van der Waals surface area contributed by atoms with E-state index >= 15 is 0 Å². The van der Waals surface area contributed by atoms with E-state index in [0.29, 0.717) is 49.0 Å². The molecule has 0 aliphatic heterocycles. The fraction of sp³-hybridized carbons (Fsp3) is 0.130. The van der Waals surface area contributed by atoms with Gasteiger partial charge in [-0.15, -0.1) is 10.2 Å². The highest BCUT2D eigenvalue weighted by Crippen LogP contribution is 2.28. The summed E-state index contributed by atoms with van der Waals surface area (Å²) in [5, 5.41) is 16.0. The highest BCUT2D eigenvalue weighted by molar-refractivity contribution is 7.80. The summed E-state index contributed by atoms with van der Waals surface area (Å²) in [5.74, 6) is 0.453. The van der Waals surface area contributed by atoms with Gasteiger partial charge in [-0.25, -0.2) is 0 Å². The zero-order valence-electron chi connectivity index (χ0n) is 18.4. The van der Waals surface area contributed by atoms with E-state index in [-0.39, 0.29) is 11.7 Å². The molecule has 1 heterocycles. The molecule has 180 valence electrons. The second-order valence-electron chi connectivity index (χ2n) is 7.33. The quantitative estimate of drug-likeness (QED) is 0.303.